The number of aliphatic hydroxyl groups is 1. The molecule has 5 heteroatoms. The zero-order valence-corrected chi connectivity index (χ0v) is 16.1. The highest BCUT2D eigenvalue weighted by Crippen LogP contribution is 2.25. The first kappa shape index (κ1) is 19.3. The SMILES string of the molecule is CCN1CCN(CC2(O)CCCN(CCCc3ccccc3)C2=O)CC1. The summed E-state index contributed by atoms with van der Waals surface area (Å²) >= 11 is 0. The van der Waals surface area contributed by atoms with Gasteiger partial charge >= 0.3 is 0 Å². The first-order valence-corrected chi connectivity index (χ1v) is 10.1. The summed E-state index contributed by atoms with van der Waals surface area (Å²) in [5.74, 6) is -0.0604. The normalized spacial score (nSPS) is 25.6. The Balaban J connectivity index is 1.49. The monoisotopic (exact) mass is 359 g/mol. The molecule has 0 aromatic heterocycles. The molecule has 1 aromatic carbocycles. The Morgan fingerprint density at radius 2 is 1.73 bits per heavy atom. The van der Waals surface area contributed by atoms with Crippen LogP contribution in [0.1, 0.15) is 31.7 Å². The van der Waals surface area contributed by atoms with E-state index in [1.807, 2.05) is 11.0 Å². The van der Waals surface area contributed by atoms with Gasteiger partial charge in [0.2, 0.25) is 0 Å². The first-order chi connectivity index (χ1) is 12.6. The average Bonchev–Trinajstić information content (AvgIpc) is 2.67. The van der Waals surface area contributed by atoms with Gasteiger partial charge in [-0.15, -0.1) is 0 Å². The van der Waals surface area contributed by atoms with Crippen LogP contribution in [0.3, 0.4) is 0 Å². The molecule has 144 valence electrons. The standard InChI is InChI=1S/C21H33N3O2/c1-2-22-14-16-23(17-15-22)18-21(26)11-7-13-24(20(21)25)12-6-10-19-8-4-3-5-9-19/h3-5,8-9,26H,2,6-7,10-18H2,1H3. The number of hydrogen-bond acceptors (Lipinski definition) is 4. The largest absolute Gasteiger partial charge is 0.379 e. The third kappa shape index (κ3) is 4.84. The van der Waals surface area contributed by atoms with Crippen molar-refractivity contribution in [2.24, 2.45) is 0 Å². The minimum absolute atomic E-state index is 0.0604. The number of hydrogen-bond donors (Lipinski definition) is 1. The molecule has 2 fully saturated rings. The molecule has 1 aromatic rings. The van der Waals surface area contributed by atoms with Gasteiger partial charge in [0.05, 0.1) is 0 Å². The first-order valence-electron chi connectivity index (χ1n) is 10.1. The topological polar surface area (TPSA) is 47.0 Å². The van der Waals surface area contributed by atoms with E-state index >= 15 is 0 Å². The molecule has 2 heterocycles. The number of carbonyl (C=O) groups excluding carboxylic acids is 1. The second kappa shape index (κ2) is 8.98. The van der Waals surface area contributed by atoms with Crippen molar-refractivity contribution in [1.82, 2.24) is 14.7 Å². The highest BCUT2D eigenvalue weighted by molar-refractivity contribution is 5.86. The molecule has 2 aliphatic heterocycles. The van der Waals surface area contributed by atoms with Crippen LogP contribution in [0, 0.1) is 0 Å². The summed E-state index contributed by atoms with van der Waals surface area (Å²) in [6, 6.07) is 10.4. The lowest BCUT2D eigenvalue weighted by atomic mass is 9.90. The molecule has 0 aliphatic carbocycles. The third-order valence-electron chi connectivity index (χ3n) is 5.84. The summed E-state index contributed by atoms with van der Waals surface area (Å²) in [4.78, 5) is 19.5. The van der Waals surface area contributed by atoms with E-state index in [-0.39, 0.29) is 5.91 Å². The second-order valence-electron chi connectivity index (χ2n) is 7.73. The van der Waals surface area contributed by atoms with E-state index < -0.39 is 5.60 Å². The van der Waals surface area contributed by atoms with Crippen molar-refractivity contribution >= 4 is 5.91 Å². The van der Waals surface area contributed by atoms with E-state index in [2.05, 4.69) is 41.0 Å². The molecule has 1 unspecified atom stereocenters. The minimum Gasteiger partial charge on any atom is -0.379 e. The number of aryl methyl sites for hydroxylation is 1. The number of likely N-dealkylation sites (N-methyl/N-ethyl adjacent to an activating group) is 1. The van der Waals surface area contributed by atoms with Crippen LogP contribution in [-0.2, 0) is 11.2 Å². The van der Waals surface area contributed by atoms with Crippen molar-refractivity contribution in [2.45, 2.75) is 38.2 Å². The number of piperidine rings is 1. The van der Waals surface area contributed by atoms with E-state index in [0.29, 0.717) is 13.0 Å². The van der Waals surface area contributed by atoms with Gasteiger partial charge in [0.1, 0.15) is 0 Å². The molecular formula is C21H33N3O2. The van der Waals surface area contributed by atoms with Gasteiger partial charge < -0.3 is 14.9 Å². The van der Waals surface area contributed by atoms with E-state index in [9.17, 15) is 9.90 Å². The highest BCUT2D eigenvalue weighted by atomic mass is 16.3. The molecule has 2 aliphatic rings. The lowest BCUT2D eigenvalue weighted by molar-refractivity contribution is -0.160. The van der Waals surface area contributed by atoms with E-state index in [1.165, 1.54) is 5.56 Å². The van der Waals surface area contributed by atoms with Crippen LogP contribution in [0.15, 0.2) is 30.3 Å². The molecule has 0 bridgehead atoms. The maximum Gasteiger partial charge on any atom is 0.255 e. The summed E-state index contributed by atoms with van der Waals surface area (Å²) in [5.41, 5.74) is 0.111. The minimum atomic E-state index is -1.20. The van der Waals surface area contributed by atoms with Gasteiger partial charge in [-0.3, -0.25) is 9.69 Å². The van der Waals surface area contributed by atoms with Crippen molar-refractivity contribution in [3.8, 4) is 0 Å². The number of nitrogens with zero attached hydrogens (tertiary/aromatic N) is 3. The summed E-state index contributed by atoms with van der Waals surface area (Å²) < 4.78 is 0. The summed E-state index contributed by atoms with van der Waals surface area (Å²) in [6.07, 6.45) is 3.40. The highest BCUT2D eigenvalue weighted by Gasteiger charge is 2.43. The predicted molar refractivity (Wildman–Crippen MR) is 104 cm³/mol. The number of rotatable bonds is 7. The van der Waals surface area contributed by atoms with Crippen molar-refractivity contribution in [3.05, 3.63) is 35.9 Å². The Hall–Kier alpha value is -1.43. The van der Waals surface area contributed by atoms with Gasteiger partial charge in [-0.25, -0.2) is 0 Å². The summed E-state index contributed by atoms with van der Waals surface area (Å²) in [7, 11) is 0. The van der Waals surface area contributed by atoms with Crippen LogP contribution in [0.25, 0.3) is 0 Å². The van der Waals surface area contributed by atoms with Crippen LogP contribution < -0.4 is 0 Å². The molecule has 1 amide bonds. The smallest absolute Gasteiger partial charge is 0.255 e. The Kier molecular flexibility index (Phi) is 6.68. The lowest BCUT2D eigenvalue weighted by Crippen LogP contribution is -2.60. The van der Waals surface area contributed by atoms with E-state index in [0.717, 1.165) is 65.1 Å². The summed E-state index contributed by atoms with van der Waals surface area (Å²) in [5, 5.41) is 11.1. The molecule has 1 atom stereocenters. The van der Waals surface area contributed by atoms with E-state index in [1.54, 1.807) is 0 Å². The van der Waals surface area contributed by atoms with Gasteiger partial charge in [-0.1, -0.05) is 37.3 Å². The molecular weight excluding hydrogens is 326 g/mol. The second-order valence-corrected chi connectivity index (χ2v) is 7.73. The van der Waals surface area contributed by atoms with Gasteiger partial charge in [-0.2, -0.15) is 0 Å². The van der Waals surface area contributed by atoms with Crippen molar-refractivity contribution < 1.29 is 9.90 Å². The van der Waals surface area contributed by atoms with Crippen LogP contribution in [-0.4, -0.2) is 83.7 Å². The van der Waals surface area contributed by atoms with Gasteiger partial charge in [0.15, 0.2) is 5.60 Å². The Bertz CT molecular complexity index is 572. The molecule has 1 N–H and O–H groups in total. The zero-order valence-electron chi connectivity index (χ0n) is 16.1. The Morgan fingerprint density at radius 3 is 2.42 bits per heavy atom. The zero-order chi connectivity index (χ0) is 18.4. The molecule has 0 spiro atoms. The Labute approximate surface area is 157 Å². The van der Waals surface area contributed by atoms with Crippen LogP contribution in [0.2, 0.25) is 0 Å². The van der Waals surface area contributed by atoms with Crippen LogP contribution >= 0.6 is 0 Å². The van der Waals surface area contributed by atoms with E-state index in [4.69, 9.17) is 0 Å². The van der Waals surface area contributed by atoms with Gasteiger partial charge in [-0.05, 0) is 37.8 Å². The Morgan fingerprint density at radius 1 is 1.04 bits per heavy atom. The third-order valence-corrected chi connectivity index (χ3v) is 5.84. The van der Waals surface area contributed by atoms with Crippen LogP contribution in [0.4, 0.5) is 0 Å². The average molecular weight is 360 g/mol. The molecule has 2 saturated heterocycles. The number of likely N-dealkylation sites (tertiary alicyclic amines) is 1. The molecule has 0 saturated carbocycles. The van der Waals surface area contributed by atoms with Crippen molar-refractivity contribution in [2.75, 3.05) is 52.4 Å². The van der Waals surface area contributed by atoms with Gasteiger partial charge in [0.25, 0.3) is 5.91 Å². The predicted octanol–water partition coefficient (Wildman–Crippen LogP) is 1.61. The quantitative estimate of drug-likeness (QED) is 0.804. The van der Waals surface area contributed by atoms with Crippen LogP contribution in [0.5, 0.6) is 0 Å². The molecule has 26 heavy (non-hydrogen) atoms. The maximum absolute atomic E-state index is 12.9. The van der Waals surface area contributed by atoms with Crippen molar-refractivity contribution in [3.63, 3.8) is 0 Å². The molecule has 3 rings (SSSR count). The fraction of sp³-hybridized carbons (Fsp3) is 0.667. The number of β-amino-alcohol motifs (C(OH)–C–C–N with tert-alkyl or cyclic N) is 1. The fourth-order valence-corrected chi connectivity index (χ4v) is 4.18. The number of amides is 1. The molecule has 5 nitrogen and oxygen atoms in total. The van der Waals surface area contributed by atoms with Crippen molar-refractivity contribution in [1.29, 1.82) is 0 Å². The van der Waals surface area contributed by atoms with Gasteiger partial charge in [0, 0.05) is 45.8 Å². The lowest BCUT2D eigenvalue weighted by Gasteiger charge is -2.43. The maximum atomic E-state index is 12.9. The number of benzene rings is 1. The number of piperazine rings is 1. The molecule has 0 radical (unpaired) electrons. The summed E-state index contributed by atoms with van der Waals surface area (Å²) in [6.45, 7) is 9.20. The fourth-order valence-electron chi connectivity index (χ4n) is 4.18. The number of carbonyl (C=O) groups is 1.